The van der Waals surface area contributed by atoms with E-state index in [0.717, 1.165) is 42.3 Å². The molecular formula is C15H22ClN3OS. The Labute approximate surface area is 135 Å². The van der Waals surface area contributed by atoms with Crippen molar-refractivity contribution in [1.82, 2.24) is 15.1 Å². The summed E-state index contributed by atoms with van der Waals surface area (Å²) < 4.78 is 7.48. The van der Waals surface area contributed by atoms with Gasteiger partial charge in [-0.25, -0.2) is 0 Å². The van der Waals surface area contributed by atoms with Gasteiger partial charge >= 0.3 is 0 Å². The average molecular weight is 328 g/mol. The Bertz CT molecular complexity index is 567. The minimum absolute atomic E-state index is 0.0152. The summed E-state index contributed by atoms with van der Waals surface area (Å²) in [5.74, 6) is 0.897. The van der Waals surface area contributed by atoms with Crippen LogP contribution in [0.15, 0.2) is 17.6 Å². The molecule has 1 atom stereocenters. The van der Waals surface area contributed by atoms with Crippen LogP contribution in [0.25, 0.3) is 0 Å². The lowest BCUT2D eigenvalue weighted by Gasteiger charge is -2.20. The van der Waals surface area contributed by atoms with Crippen LogP contribution in [-0.2, 0) is 6.54 Å². The molecule has 21 heavy (non-hydrogen) atoms. The van der Waals surface area contributed by atoms with Crippen molar-refractivity contribution in [3.63, 3.8) is 0 Å². The fourth-order valence-corrected chi connectivity index (χ4v) is 3.53. The molecule has 0 amide bonds. The van der Waals surface area contributed by atoms with Crippen LogP contribution in [0.5, 0.6) is 5.75 Å². The van der Waals surface area contributed by atoms with Crippen molar-refractivity contribution in [2.45, 2.75) is 39.3 Å². The highest BCUT2D eigenvalue weighted by Crippen LogP contribution is 2.37. The number of hydrogen-bond acceptors (Lipinski definition) is 4. The van der Waals surface area contributed by atoms with Gasteiger partial charge in [-0.05, 0) is 30.8 Å². The fourth-order valence-electron chi connectivity index (χ4n) is 2.34. The smallest absolute Gasteiger partial charge is 0.134 e. The van der Waals surface area contributed by atoms with E-state index in [1.807, 2.05) is 16.1 Å². The van der Waals surface area contributed by atoms with Gasteiger partial charge in [0, 0.05) is 6.54 Å². The number of halogens is 1. The molecule has 0 radical (unpaired) electrons. The molecule has 0 aliphatic heterocycles. The third kappa shape index (κ3) is 3.59. The van der Waals surface area contributed by atoms with Gasteiger partial charge in [-0.3, -0.25) is 4.68 Å². The molecule has 0 aliphatic rings. The lowest BCUT2D eigenvalue weighted by Crippen LogP contribution is -2.26. The van der Waals surface area contributed by atoms with Crippen LogP contribution in [0.2, 0.25) is 5.02 Å². The van der Waals surface area contributed by atoms with Gasteiger partial charge in [-0.1, -0.05) is 25.4 Å². The predicted octanol–water partition coefficient (Wildman–Crippen LogP) is 4.11. The molecular weight excluding hydrogens is 306 g/mol. The Morgan fingerprint density at radius 3 is 2.90 bits per heavy atom. The molecule has 0 aliphatic carbocycles. The van der Waals surface area contributed by atoms with E-state index >= 15 is 0 Å². The molecule has 2 aromatic rings. The van der Waals surface area contributed by atoms with Gasteiger partial charge in [0.15, 0.2) is 0 Å². The number of methoxy groups -OCH3 is 1. The number of nitrogens with zero attached hydrogens (tertiary/aromatic N) is 2. The van der Waals surface area contributed by atoms with Crippen molar-refractivity contribution in [2.24, 2.45) is 0 Å². The first-order valence-electron chi connectivity index (χ1n) is 7.28. The van der Waals surface area contributed by atoms with Gasteiger partial charge in [-0.15, -0.1) is 11.3 Å². The number of rotatable bonds is 8. The SMILES string of the molecule is CCCNC(c1sccc1OC)c1c(Cl)cnn1CCC. The second-order valence-corrected chi connectivity index (χ2v) is 6.20. The minimum atomic E-state index is 0.0152. The molecule has 0 fully saturated rings. The number of aryl methyl sites for hydroxylation is 1. The molecule has 2 aromatic heterocycles. The molecule has 116 valence electrons. The summed E-state index contributed by atoms with van der Waals surface area (Å²) in [5.41, 5.74) is 1.02. The summed E-state index contributed by atoms with van der Waals surface area (Å²) in [4.78, 5) is 1.14. The zero-order valence-corrected chi connectivity index (χ0v) is 14.3. The van der Waals surface area contributed by atoms with E-state index in [1.54, 1.807) is 24.6 Å². The van der Waals surface area contributed by atoms with E-state index in [-0.39, 0.29) is 6.04 Å². The molecule has 0 saturated carbocycles. The Balaban J connectivity index is 2.43. The van der Waals surface area contributed by atoms with Crippen LogP contribution < -0.4 is 10.1 Å². The predicted molar refractivity (Wildman–Crippen MR) is 88.5 cm³/mol. The largest absolute Gasteiger partial charge is 0.496 e. The second-order valence-electron chi connectivity index (χ2n) is 4.84. The summed E-state index contributed by atoms with van der Waals surface area (Å²) in [6.45, 7) is 6.07. The van der Waals surface area contributed by atoms with Crippen molar-refractivity contribution in [3.8, 4) is 5.75 Å². The highest BCUT2D eigenvalue weighted by Gasteiger charge is 2.25. The van der Waals surface area contributed by atoms with Gasteiger partial charge in [-0.2, -0.15) is 5.10 Å². The maximum absolute atomic E-state index is 6.41. The molecule has 2 heterocycles. The first-order valence-corrected chi connectivity index (χ1v) is 8.54. The Kier molecular flexibility index (Phi) is 6.08. The Hall–Kier alpha value is -1.04. The molecule has 6 heteroatoms. The van der Waals surface area contributed by atoms with Crippen LogP contribution in [0.1, 0.15) is 43.3 Å². The van der Waals surface area contributed by atoms with E-state index in [4.69, 9.17) is 16.3 Å². The maximum atomic E-state index is 6.41. The lowest BCUT2D eigenvalue weighted by atomic mass is 10.1. The summed E-state index contributed by atoms with van der Waals surface area (Å²) in [5, 5.41) is 10.7. The van der Waals surface area contributed by atoms with Crippen molar-refractivity contribution in [1.29, 1.82) is 0 Å². The zero-order chi connectivity index (χ0) is 15.2. The third-order valence-corrected chi connectivity index (χ3v) is 4.53. The third-order valence-electron chi connectivity index (χ3n) is 3.28. The topological polar surface area (TPSA) is 39.1 Å². The Morgan fingerprint density at radius 2 is 2.24 bits per heavy atom. The number of hydrogen-bond donors (Lipinski definition) is 1. The minimum Gasteiger partial charge on any atom is -0.496 e. The number of ether oxygens (including phenoxy) is 1. The molecule has 0 spiro atoms. The summed E-state index contributed by atoms with van der Waals surface area (Å²) in [6.07, 6.45) is 3.81. The first kappa shape index (κ1) is 16.3. The summed E-state index contributed by atoms with van der Waals surface area (Å²) >= 11 is 8.09. The van der Waals surface area contributed by atoms with Gasteiger partial charge in [0.05, 0.1) is 34.9 Å². The van der Waals surface area contributed by atoms with Crippen LogP contribution in [-0.4, -0.2) is 23.4 Å². The van der Waals surface area contributed by atoms with Crippen molar-refractivity contribution >= 4 is 22.9 Å². The number of nitrogens with one attached hydrogen (secondary N) is 1. The van der Waals surface area contributed by atoms with E-state index in [0.29, 0.717) is 5.02 Å². The standard InChI is InChI=1S/C15H22ClN3OS/c1-4-7-17-13(15-12(20-3)6-9-21-15)14-11(16)10-18-19(14)8-5-2/h6,9-10,13,17H,4-5,7-8H2,1-3H3. The van der Waals surface area contributed by atoms with Crippen LogP contribution in [0, 0.1) is 0 Å². The first-order chi connectivity index (χ1) is 10.2. The molecule has 0 bridgehead atoms. The normalized spacial score (nSPS) is 12.6. The highest BCUT2D eigenvalue weighted by molar-refractivity contribution is 7.10. The van der Waals surface area contributed by atoms with Gasteiger partial charge in [0.1, 0.15) is 5.75 Å². The van der Waals surface area contributed by atoms with Crippen LogP contribution >= 0.6 is 22.9 Å². The molecule has 1 unspecified atom stereocenters. The maximum Gasteiger partial charge on any atom is 0.134 e. The van der Waals surface area contributed by atoms with Crippen LogP contribution in [0.4, 0.5) is 0 Å². The zero-order valence-electron chi connectivity index (χ0n) is 12.7. The van der Waals surface area contributed by atoms with Crippen LogP contribution in [0.3, 0.4) is 0 Å². The molecule has 2 rings (SSSR count). The van der Waals surface area contributed by atoms with E-state index in [1.165, 1.54) is 0 Å². The van der Waals surface area contributed by atoms with E-state index in [2.05, 4.69) is 24.3 Å². The summed E-state index contributed by atoms with van der Waals surface area (Å²) in [6, 6.07) is 2.01. The van der Waals surface area contributed by atoms with Crippen molar-refractivity contribution < 1.29 is 4.74 Å². The van der Waals surface area contributed by atoms with Gasteiger partial charge < -0.3 is 10.1 Å². The van der Waals surface area contributed by atoms with E-state index < -0.39 is 0 Å². The van der Waals surface area contributed by atoms with Gasteiger partial charge in [0.25, 0.3) is 0 Å². The fraction of sp³-hybridized carbons (Fsp3) is 0.533. The summed E-state index contributed by atoms with van der Waals surface area (Å²) in [7, 11) is 1.70. The Morgan fingerprint density at radius 1 is 1.43 bits per heavy atom. The second kappa shape index (κ2) is 7.82. The molecule has 4 nitrogen and oxygen atoms in total. The molecule has 1 N–H and O–H groups in total. The lowest BCUT2D eigenvalue weighted by molar-refractivity contribution is 0.405. The number of thiophene rings is 1. The van der Waals surface area contributed by atoms with Gasteiger partial charge in [0.2, 0.25) is 0 Å². The highest BCUT2D eigenvalue weighted by atomic mass is 35.5. The monoisotopic (exact) mass is 327 g/mol. The average Bonchev–Trinajstić information content (AvgIpc) is 3.09. The quantitative estimate of drug-likeness (QED) is 0.793. The van der Waals surface area contributed by atoms with Crippen molar-refractivity contribution in [3.05, 3.63) is 33.2 Å². The molecule has 0 aromatic carbocycles. The molecule has 0 saturated heterocycles. The number of aromatic nitrogens is 2. The van der Waals surface area contributed by atoms with E-state index in [9.17, 15) is 0 Å². The van der Waals surface area contributed by atoms with Crippen molar-refractivity contribution in [2.75, 3.05) is 13.7 Å².